The van der Waals surface area contributed by atoms with Crippen LogP contribution in [0.2, 0.25) is 11.8 Å². The van der Waals surface area contributed by atoms with Gasteiger partial charge in [0.1, 0.15) is 0 Å². The lowest BCUT2D eigenvalue weighted by molar-refractivity contribution is 0.0810. The van der Waals surface area contributed by atoms with E-state index in [1.54, 1.807) is 13.9 Å². The Balaban J connectivity index is 1.64. The lowest BCUT2D eigenvalue weighted by Gasteiger charge is -2.44. The van der Waals surface area contributed by atoms with E-state index in [1.807, 2.05) is 12.3 Å². The summed E-state index contributed by atoms with van der Waals surface area (Å²) in [6, 6.07) is 9.23. The number of halogens is 2. The molecule has 0 bridgehead atoms. The van der Waals surface area contributed by atoms with E-state index in [0.29, 0.717) is 12.0 Å². The van der Waals surface area contributed by atoms with E-state index in [-0.39, 0.29) is 12.0 Å². The number of pyridine rings is 1. The van der Waals surface area contributed by atoms with Crippen LogP contribution in [-0.2, 0) is 4.74 Å². The second kappa shape index (κ2) is 13.0. The van der Waals surface area contributed by atoms with Crippen LogP contribution >= 0.6 is 27.5 Å². The van der Waals surface area contributed by atoms with Crippen molar-refractivity contribution in [1.29, 1.82) is 0 Å². The van der Waals surface area contributed by atoms with Crippen LogP contribution in [0.5, 0.6) is 0 Å². The topological polar surface area (TPSA) is 57.6 Å². The number of rotatable bonds is 10. The molecule has 8 heteroatoms. The molecular weight excluding hydrogens is 536 g/mol. The number of hydrogen-bond acceptors (Lipinski definition) is 5. The van der Waals surface area contributed by atoms with Gasteiger partial charge in [0.05, 0.1) is 5.69 Å². The van der Waals surface area contributed by atoms with Gasteiger partial charge in [-0.25, -0.2) is 0 Å². The van der Waals surface area contributed by atoms with Crippen molar-refractivity contribution in [2.24, 2.45) is 5.92 Å². The van der Waals surface area contributed by atoms with Crippen LogP contribution in [0.15, 0.2) is 34.9 Å². The smallest absolute Gasteiger partial charge is 0.373 e. The molecule has 1 aromatic heterocycles. The minimum Gasteiger partial charge on any atom is -0.437 e. The van der Waals surface area contributed by atoms with E-state index in [4.69, 9.17) is 21.3 Å². The van der Waals surface area contributed by atoms with E-state index in [2.05, 4.69) is 63.3 Å². The SMILES string of the molecule is CCC(CN1CCC(C2c3ccc(Cl)cc3C=Cc3cc(Br)cnc32)C[C@@H]1CCCOC)NB(C)O. The number of benzene rings is 1. The monoisotopic (exact) mass is 573 g/mol. The molecular formula is C28H38BBrClN3O2. The third-order valence-electron chi connectivity index (χ3n) is 7.70. The first kappa shape index (κ1) is 27.8. The summed E-state index contributed by atoms with van der Waals surface area (Å²) in [5.74, 6) is 0.700. The summed E-state index contributed by atoms with van der Waals surface area (Å²) in [6.07, 6.45) is 11.7. The lowest BCUT2D eigenvalue weighted by Crippen LogP contribution is -2.52. The number of likely N-dealkylation sites (tertiary alicyclic amines) is 1. The number of nitrogens with one attached hydrogen (secondary N) is 1. The van der Waals surface area contributed by atoms with Crippen molar-refractivity contribution in [3.8, 4) is 0 Å². The molecule has 2 N–H and O–H groups in total. The maximum atomic E-state index is 9.91. The second-order valence-electron chi connectivity index (χ2n) is 10.2. The molecule has 5 nitrogen and oxygen atoms in total. The molecule has 1 aliphatic carbocycles. The van der Waals surface area contributed by atoms with E-state index >= 15 is 0 Å². The van der Waals surface area contributed by atoms with Gasteiger partial charge in [0, 0.05) is 54.0 Å². The van der Waals surface area contributed by atoms with Crippen molar-refractivity contribution in [2.45, 2.75) is 63.9 Å². The van der Waals surface area contributed by atoms with Gasteiger partial charge in [-0.15, -0.1) is 0 Å². The highest BCUT2D eigenvalue weighted by Gasteiger charge is 2.37. The van der Waals surface area contributed by atoms with Crippen molar-refractivity contribution >= 4 is 46.7 Å². The molecule has 2 aromatic rings. The Hall–Kier alpha value is -1.22. The lowest BCUT2D eigenvalue weighted by atomic mass is 9.73. The fourth-order valence-electron chi connectivity index (χ4n) is 6.00. The third-order valence-corrected chi connectivity index (χ3v) is 8.37. The van der Waals surface area contributed by atoms with Crippen LogP contribution in [0.1, 0.15) is 67.3 Å². The van der Waals surface area contributed by atoms with Crippen molar-refractivity contribution in [1.82, 2.24) is 15.1 Å². The summed E-state index contributed by atoms with van der Waals surface area (Å²) in [5, 5.41) is 14.0. The summed E-state index contributed by atoms with van der Waals surface area (Å²) < 4.78 is 6.40. The zero-order valence-electron chi connectivity index (χ0n) is 21.6. The number of hydrogen-bond donors (Lipinski definition) is 2. The van der Waals surface area contributed by atoms with Crippen molar-refractivity contribution in [3.63, 3.8) is 0 Å². The van der Waals surface area contributed by atoms with E-state index < -0.39 is 7.05 Å². The van der Waals surface area contributed by atoms with Gasteiger partial charge in [0.15, 0.2) is 0 Å². The van der Waals surface area contributed by atoms with Crippen molar-refractivity contribution in [3.05, 3.63) is 62.3 Å². The van der Waals surface area contributed by atoms with Gasteiger partial charge >= 0.3 is 7.05 Å². The number of aromatic nitrogens is 1. The van der Waals surface area contributed by atoms with Gasteiger partial charge in [0.25, 0.3) is 0 Å². The Morgan fingerprint density at radius 1 is 1.31 bits per heavy atom. The van der Waals surface area contributed by atoms with Gasteiger partial charge < -0.3 is 15.0 Å². The first-order chi connectivity index (χ1) is 17.4. The van der Waals surface area contributed by atoms with Gasteiger partial charge in [-0.1, -0.05) is 36.7 Å². The zero-order valence-corrected chi connectivity index (χ0v) is 23.9. The first-order valence-corrected chi connectivity index (χ1v) is 14.4. The fourth-order valence-corrected chi connectivity index (χ4v) is 6.53. The number of methoxy groups -OCH3 is 1. The largest absolute Gasteiger partial charge is 0.437 e. The average Bonchev–Trinajstić information content (AvgIpc) is 3.00. The number of piperidine rings is 1. The molecule has 1 aliphatic heterocycles. The second-order valence-corrected chi connectivity index (χ2v) is 11.6. The van der Waals surface area contributed by atoms with Gasteiger partial charge in [-0.2, -0.15) is 0 Å². The summed E-state index contributed by atoms with van der Waals surface area (Å²) in [7, 11) is 1.28. The Bertz CT molecular complexity index is 998. The average molecular weight is 575 g/mol. The molecule has 36 heavy (non-hydrogen) atoms. The molecule has 0 radical (unpaired) electrons. The summed E-state index contributed by atoms with van der Waals surface area (Å²) in [5.41, 5.74) is 4.84. The highest BCUT2D eigenvalue weighted by molar-refractivity contribution is 9.10. The van der Waals surface area contributed by atoms with Crippen molar-refractivity contribution in [2.75, 3.05) is 26.8 Å². The first-order valence-electron chi connectivity index (χ1n) is 13.2. The van der Waals surface area contributed by atoms with Crippen LogP contribution < -0.4 is 5.23 Å². The van der Waals surface area contributed by atoms with E-state index in [0.717, 1.165) is 67.0 Å². The standard InChI is InChI=1S/C28H38BBrClN3O2/c1-4-24(33-29(2)35)18-34-12-11-20(16-25(34)6-5-13-36-3)27-26-10-9-23(31)15-19(26)7-8-21-14-22(30)17-32-28(21)27/h7-10,14-15,17,20,24-25,27,33,35H,4-6,11-13,16,18H2,1-3H3/t20?,24?,25-,27?/m0/s1. The molecule has 0 amide bonds. The summed E-state index contributed by atoms with van der Waals surface area (Å²) in [4.78, 5) is 7.61. The van der Waals surface area contributed by atoms with Crippen LogP contribution in [0.3, 0.4) is 0 Å². The minimum atomic E-state index is -0.497. The van der Waals surface area contributed by atoms with Gasteiger partial charge in [-0.3, -0.25) is 9.88 Å². The number of nitrogens with zero attached hydrogens (tertiary/aromatic N) is 2. The zero-order chi connectivity index (χ0) is 25.7. The molecule has 1 saturated heterocycles. The van der Waals surface area contributed by atoms with Gasteiger partial charge in [-0.05, 0) is 102 Å². The highest BCUT2D eigenvalue weighted by Crippen LogP contribution is 2.45. The predicted octanol–water partition coefficient (Wildman–Crippen LogP) is 6.10. The molecule has 0 saturated carbocycles. The molecule has 4 atom stereocenters. The van der Waals surface area contributed by atoms with Crippen LogP contribution in [0, 0.1) is 5.92 Å². The normalized spacial score (nSPS) is 22.6. The molecule has 2 aliphatic rings. The highest BCUT2D eigenvalue weighted by atomic mass is 79.9. The number of ether oxygens (including phenoxy) is 1. The van der Waals surface area contributed by atoms with E-state index in [1.165, 1.54) is 16.7 Å². The molecule has 1 aromatic carbocycles. The van der Waals surface area contributed by atoms with Gasteiger partial charge in [0.2, 0.25) is 0 Å². The summed E-state index contributed by atoms with van der Waals surface area (Å²) >= 11 is 10.0. The third kappa shape index (κ3) is 6.80. The Kier molecular flexibility index (Phi) is 10.1. The van der Waals surface area contributed by atoms with Crippen LogP contribution in [0.25, 0.3) is 12.2 Å². The molecule has 2 heterocycles. The maximum Gasteiger partial charge on any atom is 0.373 e. The van der Waals surface area contributed by atoms with Crippen LogP contribution in [-0.4, -0.2) is 60.8 Å². The molecule has 4 rings (SSSR count). The Morgan fingerprint density at radius 3 is 2.86 bits per heavy atom. The number of fused-ring (bicyclic) bond motifs is 2. The predicted molar refractivity (Wildman–Crippen MR) is 154 cm³/mol. The Labute approximate surface area is 229 Å². The fraction of sp³-hybridized carbons (Fsp3) is 0.536. The maximum absolute atomic E-state index is 9.91. The quantitative estimate of drug-likeness (QED) is 0.265. The Morgan fingerprint density at radius 2 is 2.11 bits per heavy atom. The molecule has 194 valence electrons. The minimum absolute atomic E-state index is 0.222. The molecule has 3 unspecified atom stereocenters. The van der Waals surface area contributed by atoms with Crippen molar-refractivity contribution < 1.29 is 9.76 Å². The van der Waals surface area contributed by atoms with Crippen LogP contribution in [0.4, 0.5) is 0 Å². The molecule has 1 fully saturated rings. The molecule has 0 spiro atoms. The summed E-state index contributed by atoms with van der Waals surface area (Å²) in [6.45, 7) is 6.77. The van der Waals surface area contributed by atoms with E-state index in [9.17, 15) is 5.02 Å².